The molecule has 1 unspecified atom stereocenters. The lowest BCUT2D eigenvalue weighted by molar-refractivity contribution is -0.121. The van der Waals surface area contributed by atoms with E-state index in [2.05, 4.69) is 4.98 Å². The number of esters is 1. The highest BCUT2D eigenvalue weighted by atomic mass is 32.1. The zero-order valence-corrected chi connectivity index (χ0v) is 19.9. The van der Waals surface area contributed by atoms with Crippen molar-refractivity contribution in [1.29, 1.82) is 0 Å². The molecule has 0 radical (unpaired) electrons. The van der Waals surface area contributed by atoms with Crippen LogP contribution in [0.5, 0.6) is 5.75 Å². The van der Waals surface area contributed by atoms with Crippen LogP contribution in [0.2, 0.25) is 0 Å². The molecular formula is C23H23N3O7S. The number of benzene rings is 1. The summed E-state index contributed by atoms with van der Waals surface area (Å²) in [7, 11) is 3.12. The number of thiophene rings is 1. The van der Waals surface area contributed by atoms with Crippen molar-refractivity contribution in [2.24, 2.45) is 0 Å². The fourth-order valence-corrected chi connectivity index (χ4v) is 4.72. The van der Waals surface area contributed by atoms with E-state index < -0.39 is 17.6 Å². The summed E-state index contributed by atoms with van der Waals surface area (Å²) in [6, 6.07) is 3.94. The Bertz CT molecular complexity index is 1360. The van der Waals surface area contributed by atoms with Gasteiger partial charge < -0.3 is 19.1 Å². The molecule has 2 aromatic heterocycles. The SMILES string of the molecule is COCCOC(=O)c1sc2ncn(C(C)C(=O)c3ccc4c(c3)N(C)C(=O)CO4)c(=O)c2c1C. The van der Waals surface area contributed by atoms with E-state index >= 15 is 0 Å². The van der Waals surface area contributed by atoms with Crippen molar-refractivity contribution in [2.45, 2.75) is 19.9 Å². The van der Waals surface area contributed by atoms with Gasteiger partial charge in [0.2, 0.25) is 0 Å². The largest absolute Gasteiger partial charge is 0.482 e. The monoisotopic (exact) mass is 485 g/mol. The third-order valence-electron chi connectivity index (χ3n) is 5.71. The van der Waals surface area contributed by atoms with Gasteiger partial charge in [0, 0.05) is 19.7 Å². The third-order valence-corrected chi connectivity index (χ3v) is 6.89. The van der Waals surface area contributed by atoms with E-state index in [4.69, 9.17) is 14.2 Å². The number of nitrogens with zero attached hydrogens (tertiary/aromatic N) is 3. The zero-order valence-electron chi connectivity index (χ0n) is 19.1. The van der Waals surface area contributed by atoms with Gasteiger partial charge in [-0.3, -0.25) is 19.0 Å². The first-order valence-electron chi connectivity index (χ1n) is 10.5. The third kappa shape index (κ3) is 4.08. The van der Waals surface area contributed by atoms with Crippen molar-refractivity contribution < 1.29 is 28.6 Å². The molecule has 0 saturated carbocycles. The topological polar surface area (TPSA) is 117 Å². The number of ether oxygens (including phenoxy) is 3. The minimum Gasteiger partial charge on any atom is -0.482 e. The molecular weight excluding hydrogens is 462 g/mol. The van der Waals surface area contributed by atoms with Crippen molar-refractivity contribution in [3.8, 4) is 5.75 Å². The molecule has 10 nitrogen and oxygen atoms in total. The van der Waals surface area contributed by atoms with Crippen molar-refractivity contribution in [2.75, 3.05) is 38.9 Å². The molecule has 1 atom stereocenters. The smallest absolute Gasteiger partial charge is 0.348 e. The van der Waals surface area contributed by atoms with Gasteiger partial charge in [-0.05, 0) is 37.6 Å². The van der Waals surface area contributed by atoms with Gasteiger partial charge in [-0.2, -0.15) is 0 Å². The van der Waals surface area contributed by atoms with Crippen molar-refractivity contribution >= 4 is 44.9 Å². The Morgan fingerprint density at radius 1 is 1.26 bits per heavy atom. The Morgan fingerprint density at radius 3 is 2.76 bits per heavy atom. The highest BCUT2D eigenvalue weighted by Gasteiger charge is 2.27. The molecule has 11 heteroatoms. The lowest BCUT2D eigenvalue weighted by Crippen LogP contribution is -2.35. The van der Waals surface area contributed by atoms with Gasteiger partial charge in [-0.25, -0.2) is 9.78 Å². The number of Topliss-reactive ketones (excluding diaryl/α,β-unsaturated/α-hetero) is 1. The van der Waals surface area contributed by atoms with E-state index in [0.717, 1.165) is 11.3 Å². The molecule has 3 aromatic rings. The predicted octanol–water partition coefficient (Wildman–Crippen LogP) is 2.37. The van der Waals surface area contributed by atoms with E-state index in [9.17, 15) is 19.2 Å². The maximum Gasteiger partial charge on any atom is 0.348 e. The fraction of sp³-hybridized carbons (Fsp3) is 0.348. The summed E-state index contributed by atoms with van der Waals surface area (Å²) < 4.78 is 16.7. The Kier molecular flexibility index (Phi) is 6.49. The number of anilines is 1. The summed E-state index contributed by atoms with van der Waals surface area (Å²) in [4.78, 5) is 57.3. The van der Waals surface area contributed by atoms with Crippen LogP contribution in [0.25, 0.3) is 10.2 Å². The summed E-state index contributed by atoms with van der Waals surface area (Å²) in [6.45, 7) is 3.56. The standard InChI is InChI=1S/C23H23N3O7S/c1-12-18-21(34-20(12)23(30)32-8-7-31-4)24-11-26(22(18)29)13(2)19(28)14-5-6-16-15(9-14)25(3)17(27)10-33-16/h5-6,9,11,13H,7-8,10H2,1-4H3. The van der Waals surface area contributed by atoms with Crippen LogP contribution in [0.1, 0.15) is 38.6 Å². The molecule has 4 rings (SSSR count). The molecule has 0 N–H and O–H groups in total. The Labute approximate surface area is 198 Å². The summed E-state index contributed by atoms with van der Waals surface area (Å²) in [5, 5.41) is 0.273. The number of ketones is 1. The van der Waals surface area contributed by atoms with Gasteiger partial charge in [0.15, 0.2) is 12.4 Å². The average Bonchev–Trinajstić information content (AvgIpc) is 3.18. The fourth-order valence-electron chi connectivity index (χ4n) is 3.68. The van der Waals surface area contributed by atoms with Gasteiger partial charge in [-0.1, -0.05) is 0 Å². The highest BCUT2D eigenvalue weighted by Crippen LogP contribution is 2.33. The van der Waals surface area contributed by atoms with Crippen LogP contribution in [0.15, 0.2) is 29.3 Å². The molecule has 1 aromatic carbocycles. The second-order valence-corrected chi connectivity index (χ2v) is 8.79. The van der Waals surface area contributed by atoms with Crippen LogP contribution in [0.3, 0.4) is 0 Å². The average molecular weight is 486 g/mol. The number of fused-ring (bicyclic) bond motifs is 2. The molecule has 34 heavy (non-hydrogen) atoms. The van der Waals surface area contributed by atoms with E-state index in [1.54, 1.807) is 39.1 Å². The van der Waals surface area contributed by atoms with Crippen LogP contribution < -0.4 is 15.2 Å². The van der Waals surface area contributed by atoms with Crippen LogP contribution in [-0.4, -0.2) is 61.2 Å². The van der Waals surface area contributed by atoms with Gasteiger partial charge in [0.05, 0.1) is 30.0 Å². The van der Waals surface area contributed by atoms with E-state index in [1.807, 2.05) is 0 Å². The number of hydrogen-bond acceptors (Lipinski definition) is 9. The molecule has 0 bridgehead atoms. The number of methoxy groups -OCH3 is 1. The van der Waals surface area contributed by atoms with Crippen LogP contribution in [-0.2, 0) is 14.3 Å². The number of carbonyl (C=O) groups excluding carboxylic acids is 3. The molecule has 0 spiro atoms. The minimum absolute atomic E-state index is 0.0593. The highest BCUT2D eigenvalue weighted by molar-refractivity contribution is 7.20. The Morgan fingerprint density at radius 2 is 2.03 bits per heavy atom. The molecule has 1 aliphatic rings. The number of amides is 1. The van der Waals surface area contributed by atoms with E-state index in [0.29, 0.717) is 27.4 Å². The molecule has 178 valence electrons. The van der Waals surface area contributed by atoms with E-state index in [1.165, 1.54) is 22.9 Å². The Hall–Kier alpha value is -3.57. The second kappa shape index (κ2) is 9.35. The predicted molar refractivity (Wildman–Crippen MR) is 125 cm³/mol. The van der Waals surface area contributed by atoms with Gasteiger partial charge in [0.1, 0.15) is 22.1 Å². The molecule has 0 saturated heterocycles. The minimum atomic E-state index is -0.871. The van der Waals surface area contributed by atoms with Crippen molar-refractivity contribution in [3.05, 3.63) is 50.9 Å². The van der Waals surface area contributed by atoms with Crippen LogP contribution >= 0.6 is 11.3 Å². The molecule has 1 amide bonds. The molecule has 1 aliphatic heterocycles. The van der Waals surface area contributed by atoms with Crippen molar-refractivity contribution in [3.63, 3.8) is 0 Å². The quantitative estimate of drug-likeness (QED) is 0.284. The van der Waals surface area contributed by atoms with Crippen LogP contribution in [0, 0.1) is 6.92 Å². The number of likely N-dealkylation sites (N-methyl/N-ethyl adjacent to an activating group) is 1. The number of aryl methyl sites for hydroxylation is 1. The van der Waals surface area contributed by atoms with Gasteiger partial charge in [0.25, 0.3) is 11.5 Å². The first kappa shape index (κ1) is 23.6. The number of hydrogen-bond donors (Lipinski definition) is 0. The van der Waals surface area contributed by atoms with Gasteiger partial charge >= 0.3 is 5.97 Å². The number of carbonyl (C=O) groups is 3. The Balaban J connectivity index is 1.66. The summed E-state index contributed by atoms with van der Waals surface area (Å²) in [6.07, 6.45) is 1.31. The zero-order chi connectivity index (χ0) is 24.6. The number of rotatable bonds is 7. The summed E-state index contributed by atoms with van der Waals surface area (Å²) >= 11 is 1.07. The van der Waals surface area contributed by atoms with Gasteiger partial charge in [-0.15, -0.1) is 11.3 Å². The lowest BCUT2D eigenvalue weighted by atomic mass is 10.0. The van der Waals surface area contributed by atoms with Crippen LogP contribution in [0.4, 0.5) is 5.69 Å². The summed E-state index contributed by atoms with van der Waals surface area (Å²) in [5.41, 5.74) is 0.845. The normalized spacial score (nSPS) is 14.0. The molecule has 0 aliphatic carbocycles. The lowest BCUT2D eigenvalue weighted by Gasteiger charge is -2.26. The maximum atomic E-state index is 13.3. The number of aromatic nitrogens is 2. The molecule has 3 heterocycles. The summed E-state index contributed by atoms with van der Waals surface area (Å²) in [5.74, 6) is -0.599. The van der Waals surface area contributed by atoms with Crippen molar-refractivity contribution in [1.82, 2.24) is 9.55 Å². The molecule has 0 fully saturated rings. The first-order valence-corrected chi connectivity index (χ1v) is 11.3. The first-order chi connectivity index (χ1) is 16.2. The van der Waals surface area contributed by atoms with E-state index in [-0.39, 0.29) is 41.8 Å². The maximum absolute atomic E-state index is 13.3. The second-order valence-electron chi connectivity index (χ2n) is 7.79.